The average Bonchev–Trinajstić information content (AvgIpc) is 2.47. The van der Waals surface area contributed by atoms with E-state index >= 15 is 0 Å². The average molecular weight is 308 g/mol. The molecular formula is C14H14ClN3O3. The van der Waals surface area contributed by atoms with Crippen molar-refractivity contribution >= 4 is 17.3 Å². The van der Waals surface area contributed by atoms with Gasteiger partial charge in [-0.1, -0.05) is 11.6 Å². The second-order valence-corrected chi connectivity index (χ2v) is 4.84. The Morgan fingerprint density at radius 3 is 2.71 bits per heavy atom. The lowest BCUT2D eigenvalue weighted by Gasteiger charge is -2.10. The molecule has 0 aliphatic rings. The van der Waals surface area contributed by atoms with Crippen molar-refractivity contribution in [1.29, 1.82) is 0 Å². The number of nitro groups is 1. The SMILES string of the molecule is CNC(C)c1ccc(Oc2cc(Cl)ccc2[N+](=O)[O-])cn1. The monoisotopic (exact) mass is 307 g/mol. The predicted octanol–water partition coefficient (Wildman–Crippen LogP) is 3.72. The Balaban J connectivity index is 2.26. The maximum absolute atomic E-state index is 11.0. The lowest BCUT2D eigenvalue weighted by atomic mass is 10.2. The summed E-state index contributed by atoms with van der Waals surface area (Å²) in [6, 6.07) is 7.78. The normalized spacial score (nSPS) is 12.0. The standard InChI is InChI=1S/C14H14ClN3O3/c1-9(16-2)12-5-4-11(8-17-12)21-14-7-10(15)3-6-13(14)18(19)20/h3-9,16H,1-2H3. The third kappa shape index (κ3) is 3.68. The summed E-state index contributed by atoms with van der Waals surface area (Å²) in [4.78, 5) is 14.7. The minimum atomic E-state index is -0.517. The molecule has 1 aromatic carbocycles. The van der Waals surface area contributed by atoms with Gasteiger partial charge < -0.3 is 10.1 Å². The first-order valence-corrected chi connectivity index (χ1v) is 6.64. The molecule has 2 aromatic rings. The molecule has 0 aliphatic heterocycles. The van der Waals surface area contributed by atoms with E-state index < -0.39 is 4.92 Å². The van der Waals surface area contributed by atoms with Crippen LogP contribution < -0.4 is 10.1 Å². The van der Waals surface area contributed by atoms with Gasteiger partial charge in [-0.05, 0) is 32.2 Å². The summed E-state index contributed by atoms with van der Waals surface area (Å²) in [5.41, 5.74) is 0.706. The van der Waals surface area contributed by atoms with Gasteiger partial charge >= 0.3 is 5.69 Å². The third-order valence-corrected chi connectivity index (χ3v) is 3.22. The molecule has 0 fully saturated rings. The smallest absolute Gasteiger partial charge is 0.311 e. The minimum Gasteiger partial charge on any atom is -0.448 e. The van der Waals surface area contributed by atoms with E-state index in [0.717, 1.165) is 5.69 Å². The minimum absolute atomic E-state index is 0.0868. The highest BCUT2D eigenvalue weighted by Gasteiger charge is 2.16. The maximum atomic E-state index is 11.0. The lowest BCUT2D eigenvalue weighted by molar-refractivity contribution is -0.385. The molecule has 7 heteroatoms. The van der Waals surface area contributed by atoms with E-state index in [1.807, 2.05) is 14.0 Å². The number of rotatable bonds is 5. The van der Waals surface area contributed by atoms with Gasteiger partial charge in [0, 0.05) is 23.2 Å². The van der Waals surface area contributed by atoms with Gasteiger partial charge in [0.2, 0.25) is 5.75 Å². The zero-order valence-electron chi connectivity index (χ0n) is 11.5. The second kappa shape index (κ2) is 6.51. The van der Waals surface area contributed by atoms with Gasteiger partial charge in [-0.3, -0.25) is 15.1 Å². The van der Waals surface area contributed by atoms with Crippen molar-refractivity contribution < 1.29 is 9.66 Å². The van der Waals surface area contributed by atoms with E-state index in [2.05, 4.69) is 10.3 Å². The summed E-state index contributed by atoms with van der Waals surface area (Å²) in [5, 5.41) is 14.4. The highest BCUT2D eigenvalue weighted by molar-refractivity contribution is 6.30. The Labute approximate surface area is 126 Å². The fraction of sp³-hybridized carbons (Fsp3) is 0.214. The van der Waals surface area contributed by atoms with Gasteiger partial charge in [0.1, 0.15) is 5.75 Å². The lowest BCUT2D eigenvalue weighted by Crippen LogP contribution is -2.13. The van der Waals surface area contributed by atoms with E-state index in [4.69, 9.17) is 16.3 Å². The Bertz CT molecular complexity index is 646. The first-order chi connectivity index (χ1) is 10.0. The van der Waals surface area contributed by atoms with Crippen LogP contribution in [0.3, 0.4) is 0 Å². The molecule has 2 rings (SSSR count). The highest BCUT2D eigenvalue weighted by Crippen LogP contribution is 2.33. The molecule has 1 atom stereocenters. The first kappa shape index (κ1) is 15.2. The van der Waals surface area contributed by atoms with Crippen molar-refractivity contribution in [1.82, 2.24) is 10.3 Å². The second-order valence-electron chi connectivity index (χ2n) is 4.40. The van der Waals surface area contributed by atoms with Crippen LogP contribution in [-0.2, 0) is 0 Å². The topological polar surface area (TPSA) is 77.3 Å². The number of nitro benzene ring substituents is 1. The van der Waals surface area contributed by atoms with Gasteiger partial charge in [0.15, 0.2) is 0 Å². The molecule has 1 heterocycles. The summed E-state index contributed by atoms with van der Waals surface area (Å²) in [6.45, 7) is 1.98. The van der Waals surface area contributed by atoms with Crippen LogP contribution in [-0.4, -0.2) is 17.0 Å². The number of hydrogen-bond acceptors (Lipinski definition) is 5. The predicted molar refractivity (Wildman–Crippen MR) is 79.9 cm³/mol. The number of hydrogen-bond donors (Lipinski definition) is 1. The van der Waals surface area contributed by atoms with Gasteiger partial charge in [-0.15, -0.1) is 0 Å². The molecule has 1 unspecified atom stereocenters. The third-order valence-electron chi connectivity index (χ3n) is 2.98. The van der Waals surface area contributed by atoms with Crippen LogP contribution in [0.1, 0.15) is 18.7 Å². The zero-order chi connectivity index (χ0) is 15.4. The summed E-state index contributed by atoms with van der Waals surface area (Å²) < 4.78 is 5.51. The number of nitrogens with one attached hydrogen (secondary N) is 1. The Kier molecular flexibility index (Phi) is 4.72. The molecule has 1 aromatic heterocycles. The van der Waals surface area contributed by atoms with Crippen LogP contribution >= 0.6 is 11.6 Å². The Morgan fingerprint density at radius 1 is 1.38 bits per heavy atom. The number of aromatic nitrogens is 1. The van der Waals surface area contributed by atoms with Crippen LogP contribution in [0.2, 0.25) is 5.02 Å². The number of ether oxygens (including phenoxy) is 1. The highest BCUT2D eigenvalue weighted by atomic mass is 35.5. The van der Waals surface area contributed by atoms with Crippen molar-refractivity contribution in [2.45, 2.75) is 13.0 Å². The molecule has 0 aliphatic carbocycles. The largest absolute Gasteiger partial charge is 0.448 e. The molecule has 6 nitrogen and oxygen atoms in total. The molecule has 0 bridgehead atoms. The maximum Gasteiger partial charge on any atom is 0.311 e. The van der Waals surface area contributed by atoms with Crippen LogP contribution in [0.4, 0.5) is 5.69 Å². The van der Waals surface area contributed by atoms with Crippen molar-refractivity contribution in [2.24, 2.45) is 0 Å². The molecule has 0 saturated carbocycles. The molecule has 0 amide bonds. The van der Waals surface area contributed by atoms with Crippen LogP contribution in [0, 0.1) is 10.1 Å². The fourth-order valence-corrected chi connectivity index (χ4v) is 1.87. The molecule has 0 radical (unpaired) electrons. The molecule has 110 valence electrons. The van der Waals surface area contributed by atoms with Gasteiger partial charge in [-0.25, -0.2) is 0 Å². The summed E-state index contributed by atoms with van der Waals surface area (Å²) in [7, 11) is 1.84. The zero-order valence-corrected chi connectivity index (χ0v) is 12.3. The van der Waals surface area contributed by atoms with E-state index in [-0.39, 0.29) is 17.5 Å². The fourth-order valence-electron chi connectivity index (χ4n) is 1.70. The number of nitrogens with zero attached hydrogens (tertiary/aromatic N) is 2. The van der Waals surface area contributed by atoms with Gasteiger partial charge in [-0.2, -0.15) is 0 Å². The number of halogens is 1. The summed E-state index contributed by atoms with van der Waals surface area (Å²) in [5.74, 6) is 0.496. The first-order valence-electron chi connectivity index (χ1n) is 6.26. The van der Waals surface area contributed by atoms with Crippen LogP contribution in [0.25, 0.3) is 0 Å². The van der Waals surface area contributed by atoms with Gasteiger partial charge in [0.25, 0.3) is 0 Å². The van der Waals surface area contributed by atoms with Crippen molar-refractivity contribution in [3.8, 4) is 11.5 Å². The van der Waals surface area contributed by atoms with E-state index in [1.54, 1.807) is 12.1 Å². The molecule has 21 heavy (non-hydrogen) atoms. The van der Waals surface area contributed by atoms with E-state index in [1.165, 1.54) is 24.4 Å². The van der Waals surface area contributed by atoms with E-state index in [9.17, 15) is 10.1 Å². The summed E-state index contributed by atoms with van der Waals surface area (Å²) in [6.07, 6.45) is 1.52. The molecular weight excluding hydrogens is 294 g/mol. The number of benzene rings is 1. The molecule has 1 N–H and O–H groups in total. The van der Waals surface area contributed by atoms with Crippen LogP contribution in [0.15, 0.2) is 36.5 Å². The quantitative estimate of drug-likeness (QED) is 0.673. The Hall–Kier alpha value is -2.18. The van der Waals surface area contributed by atoms with Gasteiger partial charge in [0.05, 0.1) is 16.8 Å². The number of pyridine rings is 1. The van der Waals surface area contributed by atoms with E-state index in [0.29, 0.717) is 10.8 Å². The van der Waals surface area contributed by atoms with Crippen molar-refractivity contribution in [3.63, 3.8) is 0 Å². The summed E-state index contributed by atoms with van der Waals surface area (Å²) >= 11 is 5.85. The van der Waals surface area contributed by atoms with Crippen LogP contribution in [0.5, 0.6) is 11.5 Å². The van der Waals surface area contributed by atoms with Crippen molar-refractivity contribution in [2.75, 3.05) is 7.05 Å². The molecule has 0 saturated heterocycles. The molecule has 0 spiro atoms. The van der Waals surface area contributed by atoms with Crippen molar-refractivity contribution in [3.05, 3.63) is 57.4 Å². The Morgan fingerprint density at radius 2 is 2.14 bits per heavy atom.